The maximum Gasteiger partial charge on any atom is 0.107 e. The number of hydrogen-bond acceptors (Lipinski definition) is 3. The molecule has 12 heavy (non-hydrogen) atoms. The molecule has 1 aliphatic rings. The zero-order valence-corrected chi connectivity index (χ0v) is 7.72. The fourth-order valence-electron chi connectivity index (χ4n) is 1.22. The van der Waals surface area contributed by atoms with E-state index >= 15 is 0 Å². The highest BCUT2D eigenvalue weighted by atomic mass is 16.5. The van der Waals surface area contributed by atoms with Crippen LogP contribution in [0.4, 0.5) is 0 Å². The molecule has 1 aliphatic heterocycles. The monoisotopic (exact) mass is 169 g/mol. The van der Waals surface area contributed by atoms with Crippen LogP contribution in [0.15, 0.2) is 23.5 Å². The zero-order chi connectivity index (χ0) is 9.19. The van der Waals surface area contributed by atoms with Crippen LogP contribution in [0.5, 0.6) is 0 Å². The lowest BCUT2D eigenvalue weighted by molar-refractivity contribution is 0.0760. The van der Waals surface area contributed by atoms with Crippen LogP contribution in [0.3, 0.4) is 0 Å². The molecule has 0 saturated carbocycles. The number of aliphatic hydroxyl groups is 1. The molecule has 68 valence electrons. The third-order valence-corrected chi connectivity index (χ3v) is 2.44. The molecule has 3 nitrogen and oxygen atoms in total. The van der Waals surface area contributed by atoms with Crippen molar-refractivity contribution in [1.29, 1.82) is 0 Å². The minimum atomic E-state index is -0.372. The first kappa shape index (κ1) is 9.29. The van der Waals surface area contributed by atoms with Gasteiger partial charge < -0.3 is 15.2 Å². The Labute approximate surface area is 72.7 Å². The Morgan fingerprint density at radius 1 is 1.67 bits per heavy atom. The highest BCUT2D eigenvalue weighted by Crippen LogP contribution is 2.26. The molecular formula is C9H15NO2. The molecular weight excluding hydrogens is 154 g/mol. The van der Waals surface area contributed by atoms with Gasteiger partial charge in [0.15, 0.2) is 0 Å². The summed E-state index contributed by atoms with van der Waals surface area (Å²) in [6, 6.07) is 0. The summed E-state index contributed by atoms with van der Waals surface area (Å²) in [6.45, 7) is 3.94. The van der Waals surface area contributed by atoms with Gasteiger partial charge in [-0.2, -0.15) is 0 Å². The Hall–Kier alpha value is -0.800. The molecule has 0 saturated heterocycles. The van der Waals surface area contributed by atoms with Crippen molar-refractivity contribution in [2.45, 2.75) is 19.4 Å². The molecule has 0 radical (unpaired) electrons. The maximum absolute atomic E-state index is 8.98. The number of rotatable bonds is 2. The van der Waals surface area contributed by atoms with Crippen LogP contribution in [0.25, 0.3) is 0 Å². The Bertz CT molecular complexity index is 233. The topological polar surface area (TPSA) is 41.5 Å². The smallest absolute Gasteiger partial charge is 0.107 e. The van der Waals surface area contributed by atoms with E-state index in [1.807, 2.05) is 19.9 Å². The highest BCUT2D eigenvalue weighted by Gasteiger charge is 2.27. The Morgan fingerprint density at radius 3 is 2.83 bits per heavy atom. The van der Waals surface area contributed by atoms with Gasteiger partial charge in [0.1, 0.15) is 5.60 Å². The van der Waals surface area contributed by atoms with Gasteiger partial charge in [0.25, 0.3) is 0 Å². The predicted molar refractivity (Wildman–Crippen MR) is 47.5 cm³/mol. The zero-order valence-electron chi connectivity index (χ0n) is 7.72. The van der Waals surface area contributed by atoms with E-state index in [-0.39, 0.29) is 12.2 Å². The van der Waals surface area contributed by atoms with E-state index in [9.17, 15) is 0 Å². The van der Waals surface area contributed by atoms with Crippen molar-refractivity contribution in [2.75, 3.05) is 13.7 Å². The predicted octanol–water partition coefficient (Wildman–Crippen LogP) is 0.775. The van der Waals surface area contributed by atoms with Gasteiger partial charge in [-0.15, -0.1) is 0 Å². The molecule has 3 heteroatoms. The van der Waals surface area contributed by atoms with Crippen LogP contribution in [0.1, 0.15) is 13.8 Å². The number of aliphatic hydroxyl groups excluding tert-OH is 1. The minimum absolute atomic E-state index is 0.0229. The Balaban J connectivity index is 2.97. The van der Waals surface area contributed by atoms with Crippen LogP contribution in [0.2, 0.25) is 0 Å². The van der Waals surface area contributed by atoms with Crippen molar-refractivity contribution < 1.29 is 9.84 Å². The number of dihydropyridines is 1. The average molecular weight is 169 g/mol. The van der Waals surface area contributed by atoms with Gasteiger partial charge in [-0.25, -0.2) is 0 Å². The highest BCUT2D eigenvalue weighted by molar-refractivity contribution is 5.31. The van der Waals surface area contributed by atoms with Crippen LogP contribution in [-0.2, 0) is 4.74 Å². The molecule has 0 aromatic rings. The molecule has 0 aromatic carbocycles. The lowest BCUT2D eigenvalue weighted by Gasteiger charge is -2.31. The summed E-state index contributed by atoms with van der Waals surface area (Å²) in [5, 5.41) is 12.0. The van der Waals surface area contributed by atoms with Crippen molar-refractivity contribution in [2.24, 2.45) is 0 Å². The molecule has 0 aliphatic carbocycles. The van der Waals surface area contributed by atoms with Gasteiger partial charge in [-0.05, 0) is 31.7 Å². The summed E-state index contributed by atoms with van der Waals surface area (Å²) >= 11 is 0. The summed E-state index contributed by atoms with van der Waals surface area (Å²) in [6.07, 6.45) is 3.73. The molecule has 1 atom stereocenters. The van der Waals surface area contributed by atoms with E-state index in [1.165, 1.54) is 0 Å². The number of ether oxygens (including phenoxy) is 1. The van der Waals surface area contributed by atoms with Crippen LogP contribution >= 0.6 is 0 Å². The van der Waals surface area contributed by atoms with Crippen LogP contribution in [-0.4, -0.2) is 24.4 Å². The largest absolute Gasteiger partial charge is 0.390 e. The standard InChI is InChI=1S/C9H15NO2/c1-7-8(6-11)10-5-4-9(7,2)12-3/h4-5,10-11H,6H2,1-3H3. The molecule has 2 N–H and O–H groups in total. The molecule has 1 heterocycles. The summed E-state index contributed by atoms with van der Waals surface area (Å²) in [5.41, 5.74) is 1.47. The molecule has 0 bridgehead atoms. The van der Waals surface area contributed by atoms with Crippen molar-refractivity contribution >= 4 is 0 Å². The van der Waals surface area contributed by atoms with E-state index < -0.39 is 0 Å². The maximum atomic E-state index is 8.98. The van der Waals surface area contributed by atoms with Crippen molar-refractivity contribution in [3.8, 4) is 0 Å². The summed E-state index contributed by atoms with van der Waals surface area (Å²) in [7, 11) is 1.66. The van der Waals surface area contributed by atoms with Gasteiger partial charge in [-0.3, -0.25) is 0 Å². The van der Waals surface area contributed by atoms with E-state index in [1.54, 1.807) is 13.3 Å². The van der Waals surface area contributed by atoms with Gasteiger partial charge in [0, 0.05) is 12.8 Å². The molecule has 1 unspecified atom stereocenters. The van der Waals surface area contributed by atoms with E-state index in [2.05, 4.69) is 5.32 Å². The second-order valence-electron chi connectivity index (χ2n) is 3.05. The molecule has 0 spiro atoms. The quantitative estimate of drug-likeness (QED) is 0.641. The fourth-order valence-corrected chi connectivity index (χ4v) is 1.22. The number of methoxy groups -OCH3 is 1. The van der Waals surface area contributed by atoms with E-state index in [4.69, 9.17) is 9.84 Å². The fraction of sp³-hybridized carbons (Fsp3) is 0.556. The van der Waals surface area contributed by atoms with E-state index in [0.29, 0.717) is 0 Å². The van der Waals surface area contributed by atoms with Crippen molar-refractivity contribution in [3.63, 3.8) is 0 Å². The SMILES string of the molecule is COC1(C)C=CNC(CO)=C1C. The van der Waals surface area contributed by atoms with Gasteiger partial charge in [0.2, 0.25) is 0 Å². The van der Waals surface area contributed by atoms with Crippen molar-refractivity contribution in [3.05, 3.63) is 23.5 Å². The third-order valence-electron chi connectivity index (χ3n) is 2.44. The Kier molecular flexibility index (Phi) is 2.55. The van der Waals surface area contributed by atoms with E-state index in [0.717, 1.165) is 11.3 Å². The lowest BCUT2D eigenvalue weighted by Crippen LogP contribution is -2.33. The van der Waals surface area contributed by atoms with Gasteiger partial charge in [0.05, 0.1) is 6.61 Å². The first-order chi connectivity index (χ1) is 5.64. The first-order valence-corrected chi connectivity index (χ1v) is 3.94. The number of nitrogens with one attached hydrogen (secondary N) is 1. The molecule has 1 rings (SSSR count). The summed E-state index contributed by atoms with van der Waals surface area (Å²) in [4.78, 5) is 0. The first-order valence-electron chi connectivity index (χ1n) is 3.94. The summed E-state index contributed by atoms with van der Waals surface area (Å²) in [5.74, 6) is 0. The lowest BCUT2D eigenvalue weighted by atomic mass is 9.93. The second kappa shape index (κ2) is 3.29. The normalized spacial score (nSPS) is 29.0. The number of hydrogen-bond donors (Lipinski definition) is 2. The van der Waals surface area contributed by atoms with Crippen molar-refractivity contribution in [1.82, 2.24) is 5.32 Å². The second-order valence-corrected chi connectivity index (χ2v) is 3.05. The average Bonchev–Trinajstić information content (AvgIpc) is 2.10. The Morgan fingerprint density at radius 2 is 2.33 bits per heavy atom. The minimum Gasteiger partial charge on any atom is -0.390 e. The van der Waals surface area contributed by atoms with Crippen LogP contribution in [0, 0.1) is 0 Å². The molecule has 0 aromatic heterocycles. The molecule has 0 amide bonds. The summed E-state index contributed by atoms with van der Waals surface area (Å²) < 4.78 is 5.33. The van der Waals surface area contributed by atoms with Crippen LogP contribution < -0.4 is 5.32 Å². The third kappa shape index (κ3) is 1.38. The van der Waals surface area contributed by atoms with Gasteiger partial charge in [-0.1, -0.05) is 0 Å². The molecule has 0 fully saturated rings. The van der Waals surface area contributed by atoms with Gasteiger partial charge >= 0.3 is 0 Å².